The molecule has 6 heteroatoms. The number of likely N-dealkylation sites (tertiary alicyclic amines) is 2. The van der Waals surface area contributed by atoms with Crippen molar-refractivity contribution in [2.24, 2.45) is 5.92 Å². The van der Waals surface area contributed by atoms with Crippen molar-refractivity contribution in [3.63, 3.8) is 0 Å². The van der Waals surface area contributed by atoms with E-state index in [2.05, 4.69) is 10.3 Å². The van der Waals surface area contributed by atoms with Crippen LogP contribution in [0.1, 0.15) is 29.6 Å². The maximum Gasteiger partial charge on any atom is 0.253 e. The Morgan fingerprint density at radius 1 is 1.31 bits per heavy atom. The second-order valence-corrected chi connectivity index (χ2v) is 7.38. The maximum atomic E-state index is 13.0. The van der Waals surface area contributed by atoms with Crippen LogP contribution in [0.2, 0.25) is 0 Å². The molecule has 6 nitrogen and oxygen atoms in total. The van der Waals surface area contributed by atoms with Crippen LogP contribution in [0.4, 0.5) is 0 Å². The second-order valence-electron chi connectivity index (χ2n) is 7.38. The van der Waals surface area contributed by atoms with E-state index in [0.29, 0.717) is 18.9 Å². The summed E-state index contributed by atoms with van der Waals surface area (Å²) in [4.78, 5) is 32.5. The Labute approximate surface area is 153 Å². The Balaban J connectivity index is 1.47. The molecule has 2 saturated heterocycles. The fraction of sp³-hybridized carbons (Fsp3) is 0.500. The number of rotatable bonds is 4. The van der Waals surface area contributed by atoms with E-state index in [1.54, 1.807) is 0 Å². The molecule has 26 heavy (non-hydrogen) atoms. The molecule has 0 aliphatic carbocycles. The molecule has 3 heterocycles. The van der Waals surface area contributed by atoms with Gasteiger partial charge in [-0.1, -0.05) is 6.07 Å². The highest BCUT2D eigenvalue weighted by Crippen LogP contribution is 2.31. The third kappa shape index (κ3) is 3.09. The molecule has 4 rings (SSSR count). The lowest BCUT2D eigenvalue weighted by Crippen LogP contribution is -2.57. The summed E-state index contributed by atoms with van der Waals surface area (Å²) in [6, 6.07) is 8.12. The number of carbonyl (C=O) groups is 2. The first-order valence-electron chi connectivity index (χ1n) is 9.48. The van der Waals surface area contributed by atoms with Crippen molar-refractivity contribution in [2.45, 2.75) is 25.3 Å². The van der Waals surface area contributed by atoms with Gasteiger partial charge in [0.15, 0.2) is 0 Å². The normalized spacial score (nSPS) is 23.3. The Kier molecular flexibility index (Phi) is 4.68. The smallest absolute Gasteiger partial charge is 0.253 e. The van der Waals surface area contributed by atoms with Gasteiger partial charge in [0, 0.05) is 55.9 Å². The zero-order valence-corrected chi connectivity index (χ0v) is 15.2. The molecule has 1 aromatic heterocycles. The molecule has 0 bridgehead atoms. The molecule has 2 amide bonds. The van der Waals surface area contributed by atoms with Crippen LogP contribution in [0, 0.1) is 5.92 Å². The molecule has 2 aromatic rings. The van der Waals surface area contributed by atoms with Gasteiger partial charge in [0.05, 0.1) is 0 Å². The number of likely N-dealkylation sites (N-methyl/N-ethyl adjacent to an activating group) is 1. The molecule has 0 saturated carbocycles. The molecule has 0 unspecified atom stereocenters. The summed E-state index contributed by atoms with van der Waals surface area (Å²) in [5, 5.41) is 4.25. The number of hydrogen-bond donors (Lipinski definition) is 2. The number of H-pyrrole nitrogens is 1. The zero-order chi connectivity index (χ0) is 18.1. The molecule has 2 N–H and O–H groups in total. The van der Waals surface area contributed by atoms with Gasteiger partial charge in [0.2, 0.25) is 5.91 Å². The number of aromatic amines is 1. The minimum absolute atomic E-state index is 0.0959. The standard InChI is InChI=1S/C20H26N4O2/c1-21-9-11-24-18-7-10-23(13-16(18)4-5-19(24)25)20(26)15-3-2-14-6-8-22-17(14)12-15/h2-3,6,8,12,16,18,21-22H,4-5,7,9-11,13H2,1H3/t16-,18+/m0/s1. The summed E-state index contributed by atoms with van der Waals surface area (Å²) in [6.07, 6.45) is 4.25. The van der Waals surface area contributed by atoms with Crippen molar-refractivity contribution in [1.82, 2.24) is 20.1 Å². The summed E-state index contributed by atoms with van der Waals surface area (Å²) in [5.41, 5.74) is 1.73. The number of nitrogens with one attached hydrogen (secondary N) is 2. The van der Waals surface area contributed by atoms with Crippen molar-refractivity contribution in [1.29, 1.82) is 0 Å². The first-order chi connectivity index (χ1) is 12.7. The van der Waals surface area contributed by atoms with Gasteiger partial charge in [0.1, 0.15) is 0 Å². The lowest BCUT2D eigenvalue weighted by molar-refractivity contribution is -0.140. The Bertz CT molecular complexity index is 815. The van der Waals surface area contributed by atoms with Crippen LogP contribution < -0.4 is 5.32 Å². The van der Waals surface area contributed by atoms with Crippen molar-refractivity contribution in [2.75, 3.05) is 33.2 Å². The summed E-state index contributed by atoms with van der Waals surface area (Å²) < 4.78 is 0. The van der Waals surface area contributed by atoms with Crippen LogP contribution in [-0.2, 0) is 4.79 Å². The lowest BCUT2D eigenvalue weighted by atomic mass is 9.83. The first kappa shape index (κ1) is 17.1. The largest absolute Gasteiger partial charge is 0.361 e. The highest BCUT2D eigenvalue weighted by Gasteiger charge is 2.40. The predicted molar refractivity (Wildman–Crippen MR) is 101 cm³/mol. The van der Waals surface area contributed by atoms with Gasteiger partial charge in [-0.05, 0) is 49.4 Å². The average Bonchev–Trinajstić information content (AvgIpc) is 3.14. The molecular weight excluding hydrogens is 328 g/mol. The number of piperidine rings is 2. The van der Waals surface area contributed by atoms with Gasteiger partial charge in [0.25, 0.3) is 5.91 Å². The number of carbonyl (C=O) groups excluding carboxylic acids is 2. The van der Waals surface area contributed by atoms with E-state index < -0.39 is 0 Å². The summed E-state index contributed by atoms with van der Waals surface area (Å²) in [6.45, 7) is 3.03. The van der Waals surface area contributed by atoms with Gasteiger partial charge in [-0.3, -0.25) is 9.59 Å². The Hall–Kier alpha value is -2.34. The lowest BCUT2D eigenvalue weighted by Gasteiger charge is -2.47. The first-order valence-corrected chi connectivity index (χ1v) is 9.48. The third-order valence-corrected chi connectivity index (χ3v) is 5.84. The molecule has 0 radical (unpaired) electrons. The van der Waals surface area contributed by atoms with E-state index in [9.17, 15) is 9.59 Å². The second kappa shape index (κ2) is 7.11. The van der Waals surface area contributed by atoms with E-state index in [4.69, 9.17) is 0 Å². The molecule has 2 aliphatic rings. The number of benzene rings is 1. The SMILES string of the molecule is CNCCN1C(=O)CC[C@H]2CN(C(=O)c3ccc4cc[nH]c4c3)CC[C@H]21. The maximum absolute atomic E-state index is 13.0. The van der Waals surface area contributed by atoms with Crippen LogP contribution in [0.3, 0.4) is 0 Å². The number of fused-ring (bicyclic) bond motifs is 2. The fourth-order valence-corrected chi connectivity index (χ4v) is 4.42. The summed E-state index contributed by atoms with van der Waals surface area (Å²) >= 11 is 0. The minimum atomic E-state index is 0.0959. The average molecular weight is 354 g/mol. The van der Waals surface area contributed by atoms with E-state index >= 15 is 0 Å². The molecule has 2 aliphatic heterocycles. The van der Waals surface area contributed by atoms with Crippen molar-refractivity contribution in [3.05, 3.63) is 36.0 Å². The highest BCUT2D eigenvalue weighted by atomic mass is 16.2. The molecule has 0 spiro atoms. The van der Waals surface area contributed by atoms with E-state index in [0.717, 1.165) is 48.9 Å². The molecule has 1 aromatic carbocycles. The van der Waals surface area contributed by atoms with Crippen LogP contribution in [-0.4, -0.2) is 65.9 Å². The van der Waals surface area contributed by atoms with Crippen LogP contribution >= 0.6 is 0 Å². The molecule has 138 valence electrons. The van der Waals surface area contributed by atoms with Crippen LogP contribution in [0.5, 0.6) is 0 Å². The zero-order valence-electron chi connectivity index (χ0n) is 15.2. The number of amides is 2. The van der Waals surface area contributed by atoms with Crippen molar-refractivity contribution < 1.29 is 9.59 Å². The number of aromatic nitrogens is 1. The van der Waals surface area contributed by atoms with Gasteiger partial charge in [-0.15, -0.1) is 0 Å². The van der Waals surface area contributed by atoms with Gasteiger partial charge < -0.3 is 20.1 Å². The van der Waals surface area contributed by atoms with E-state index in [1.807, 2.05) is 47.3 Å². The van der Waals surface area contributed by atoms with Crippen molar-refractivity contribution >= 4 is 22.7 Å². The summed E-state index contributed by atoms with van der Waals surface area (Å²) in [7, 11) is 1.91. The molecule has 2 atom stereocenters. The quantitative estimate of drug-likeness (QED) is 0.880. The monoisotopic (exact) mass is 354 g/mol. The summed E-state index contributed by atoms with van der Waals surface area (Å²) in [5.74, 6) is 0.744. The van der Waals surface area contributed by atoms with E-state index in [1.165, 1.54) is 0 Å². The van der Waals surface area contributed by atoms with Gasteiger partial charge in [-0.25, -0.2) is 0 Å². The Morgan fingerprint density at radius 3 is 3.04 bits per heavy atom. The van der Waals surface area contributed by atoms with Crippen molar-refractivity contribution in [3.8, 4) is 0 Å². The number of nitrogens with zero attached hydrogens (tertiary/aromatic N) is 2. The minimum Gasteiger partial charge on any atom is -0.361 e. The van der Waals surface area contributed by atoms with E-state index in [-0.39, 0.29) is 17.9 Å². The van der Waals surface area contributed by atoms with Crippen LogP contribution in [0.25, 0.3) is 10.9 Å². The fourth-order valence-electron chi connectivity index (χ4n) is 4.42. The van der Waals surface area contributed by atoms with Gasteiger partial charge in [-0.2, -0.15) is 0 Å². The topological polar surface area (TPSA) is 68.4 Å². The third-order valence-electron chi connectivity index (χ3n) is 5.84. The van der Waals surface area contributed by atoms with Gasteiger partial charge >= 0.3 is 0 Å². The molecule has 2 fully saturated rings. The Morgan fingerprint density at radius 2 is 2.19 bits per heavy atom. The number of hydrogen-bond acceptors (Lipinski definition) is 3. The van der Waals surface area contributed by atoms with Crippen LogP contribution in [0.15, 0.2) is 30.5 Å². The predicted octanol–water partition coefficient (Wildman–Crippen LogP) is 1.84. The highest BCUT2D eigenvalue weighted by molar-refractivity contribution is 5.98. The molecular formula is C20H26N4O2.